The number of aryl methyl sites for hydroxylation is 2. The van der Waals surface area contributed by atoms with Crippen molar-refractivity contribution >= 4 is 5.91 Å². The first kappa shape index (κ1) is 16.5. The number of ether oxygens (including phenoxy) is 1. The van der Waals surface area contributed by atoms with Crippen LogP contribution in [0, 0.1) is 0 Å². The number of carbonyl (C=O) groups is 1. The zero-order valence-electron chi connectivity index (χ0n) is 14.5. The summed E-state index contributed by atoms with van der Waals surface area (Å²) in [6.07, 6.45) is 4.31. The molecule has 6 nitrogen and oxygen atoms in total. The second-order valence-electron chi connectivity index (χ2n) is 6.84. The Morgan fingerprint density at radius 1 is 1.35 bits per heavy atom. The standard InChI is InChI=1S/C17H28N4O2/c1-19-9-6-13(7-10-19)20(2)17(22)5-4-15-14-12-23-11-8-16(14)21(3)18-15/h13H,4-12H2,1-3H3. The Labute approximate surface area is 138 Å². The number of rotatable bonds is 4. The minimum Gasteiger partial charge on any atom is -0.376 e. The molecule has 1 fully saturated rings. The van der Waals surface area contributed by atoms with Crippen LogP contribution in [0.5, 0.6) is 0 Å². The quantitative estimate of drug-likeness (QED) is 0.830. The van der Waals surface area contributed by atoms with Crippen LogP contribution in [0.4, 0.5) is 0 Å². The molecule has 2 aliphatic rings. The van der Waals surface area contributed by atoms with Gasteiger partial charge in [0.1, 0.15) is 0 Å². The van der Waals surface area contributed by atoms with Gasteiger partial charge in [-0.05, 0) is 33.0 Å². The molecule has 128 valence electrons. The number of fused-ring (bicyclic) bond motifs is 1. The van der Waals surface area contributed by atoms with E-state index in [2.05, 4.69) is 17.0 Å². The Hall–Kier alpha value is -1.40. The second-order valence-corrected chi connectivity index (χ2v) is 6.84. The predicted molar refractivity (Wildman–Crippen MR) is 88.2 cm³/mol. The lowest BCUT2D eigenvalue weighted by molar-refractivity contribution is -0.132. The molecule has 23 heavy (non-hydrogen) atoms. The van der Waals surface area contributed by atoms with E-state index in [4.69, 9.17) is 4.74 Å². The van der Waals surface area contributed by atoms with Gasteiger partial charge < -0.3 is 14.5 Å². The van der Waals surface area contributed by atoms with Gasteiger partial charge in [0, 0.05) is 50.7 Å². The summed E-state index contributed by atoms with van der Waals surface area (Å²) in [4.78, 5) is 16.8. The number of piperidine rings is 1. The van der Waals surface area contributed by atoms with Gasteiger partial charge in [0.05, 0.1) is 18.9 Å². The summed E-state index contributed by atoms with van der Waals surface area (Å²) in [5.74, 6) is 0.232. The first-order valence-corrected chi connectivity index (χ1v) is 8.62. The molecule has 0 aromatic carbocycles. The first-order chi connectivity index (χ1) is 11.1. The third kappa shape index (κ3) is 3.58. The van der Waals surface area contributed by atoms with Gasteiger partial charge in [-0.2, -0.15) is 5.10 Å². The molecule has 1 aromatic rings. The first-order valence-electron chi connectivity index (χ1n) is 8.62. The lowest BCUT2D eigenvalue weighted by Gasteiger charge is -2.35. The van der Waals surface area contributed by atoms with E-state index in [0.717, 1.165) is 44.7 Å². The molecule has 1 saturated heterocycles. The van der Waals surface area contributed by atoms with Gasteiger partial charge in [-0.15, -0.1) is 0 Å². The molecule has 0 radical (unpaired) electrons. The molecule has 0 saturated carbocycles. The molecular formula is C17H28N4O2. The van der Waals surface area contributed by atoms with Crippen LogP contribution in [0.2, 0.25) is 0 Å². The van der Waals surface area contributed by atoms with Crippen LogP contribution >= 0.6 is 0 Å². The highest BCUT2D eigenvalue weighted by Gasteiger charge is 2.25. The van der Waals surface area contributed by atoms with Crippen LogP contribution in [0.3, 0.4) is 0 Å². The smallest absolute Gasteiger partial charge is 0.222 e. The number of likely N-dealkylation sites (tertiary alicyclic amines) is 1. The summed E-state index contributed by atoms with van der Waals surface area (Å²) in [5, 5.41) is 4.61. The molecular weight excluding hydrogens is 292 g/mol. The molecule has 0 aliphatic carbocycles. The highest BCUT2D eigenvalue weighted by molar-refractivity contribution is 5.76. The van der Waals surface area contributed by atoms with E-state index in [9.17, 15) is 4.79 Å². The molecule has 0 spiro atoms. The van der Waals surface area contributed by atoms with Gasteiger partial charge >= 0.3 is 0 Å². The van der Waals surface area contributed by atoms with Crippen LogP contribution < -0.4 is 0 Å². The van der Waals surface area contributed by atoms with Crippen molar-refractivity contribution in [3.63, 3.8) is 0 Å². The molecule has 6 heteroatoms. The van der Waals surface area contributed by atoms with Crippen molar-refractivity contribution in [3.8, 4) is 0 Å². The molecule has 1 amide bonds. The van der Waals surface area contributed by atoms with Crippen LogP contribution in [-0.4, -0.2) is 65.3 Å². The number of nitrogens with zero attached hydrogens (tertiary/aromatic N) is 4. The monoisotopic (exact) mass is 320 g/mol. The summed E-state index contributed by atoms with van der Waals surface area (Å²) in [6.45, 7) is 3.56. The van der Waals surface area contributed by atoms with E-state index in [1.54, 1.807) is 0 Å². The van der Waals surface area contributed by atoms with Crippen molar-refractivity contribution < 1.29 is 9.53 Å². The van der Waals surface area contributed by atoms with E-state index in [0.29, 0.717) is 25.5 Å². The van der Waals surface area contributed by atoms with Crippen molar-refractivity contribution in [3.05, 3.63) is 17.0 Å². The summed E-state index contributed by atoms with van der Waals surface area (Å²) >= 11 is 0. The number of aromatic nitrogens is 2. The summed E-state index contributed by atoms with van der Waals surface area (Å²) in [5.41, 5.74) is 3.50. The topological polar surface area (TPSA) is 50.6 Å². The summed E-state index contributed by atoms with van der Waals surface area (Å²) in [7, 11) is 6.08. The predicted octanol–water partition coefficient (Wildman–Crippen LogP) is 0.978. The van der Waals surface area contributed by atoms with Crippen molar-refractivity contribution in [1.29, 1.82) is 0 Å². The van der Waals surface area contributed by atoms with E-state index in [1.165, 1.54) is 11.3 Å². The number of amides is 1. The molecule has 0 atom stereocenters. The average Bonchev–Trinajstić information content (AvgIpc) is 2.89. The number of hydrogen-bond donors (Lipinski definition) is 0. The molecule has 3 heterocycles. The highest BCUT2D eigenvalue weighted by Crippen LogP contribution is 2.22. The molecule has 0 unspecified atom stereocenters. The van der Waals surface area contributed by atoms with Crippen molar-refractivity contribution in [2.24, 2.45) is 7.05 Å². The minimum absolute atomic E-state index is 0.232. The Bertz CT molecular complexity index is 561. The fraction of sp³-hybridized carbons (Fsp3) is 0.765. The fourth-order valence-corrected chi connectivity index (χ4v) is 3.67. The van der Waals surface area contributed by atoms with Crippen molar-refractivity contribution in [2.75, 3.05) is 33.8 Å². The molecule has 0 N–H and O–H groups in total. The molecule has 3 rings (SSSR count). The minimum atomic E-state index is 0.232. The van der Waals surface area contributed by atoms with E-state index in [1.807, 2.05) is 23.7 Å². The van der Waals surface area contributed by atoms with E-state index in [-0.39, 0.29) is 5.91 Å². The van der Waals surface area contributed by atoms with E-state index >= 15 is 0 Å². The van der Waals surface area contributed by atoms with Crippen molar-refractivity contribution in [1.82, 2.24) is 19.6 Å². The fourth-order valence-electron chi connectivity index (χ4n) is 3.67. The summed E-state index contributed by atoms with van der Waals surface area (Å²) in [6, 6.07) is 0.389. The third-order valence-corrected chi connectivity index (χ3v) is 5.29. The SMILES string of the molecule is CN1CCC(N(C)C(=O)CCc2nn(C)c3c2COCC3)CC1. The second kappa shape index (κ2) is 7.01. The maximum atomic E-state index is 12.5. The largest absolute Gasteiger partial charge is 0.376 e. The lowest BCUT2D eigenvalue weighted by Crippen LogP contribution is -2.44. The summed E-state index contributed by atoms with van der Waals surface area (Å²) < 4.78 is 7.51. The van der Waals surface area contributed by atoms with Gasteiger partial charge in [0.25, 0.3) is 0 Å². The number of hydrogen-bond acceptors (Lipinski definition) is 4. The Balaban J connectivity index is 1.57. The Morgan fingerprint density at radius 3 is 2.83 bits per heavy atom. The van der Waals surface area contributed by atoms with Gasteiger partial charge in [-0.1, -0.05) is 0 Å². The third-order valence-electron chi connectivity index (χ3n) is 5.29. The Morgan fingerprint density at radius 2 is 2.09 bits per heavy atom. The molecule has 1 aromatic heterocycles. The van der Waals surface area contributed by atoms with Crippen LogP contribution in [-0.2, 0) is 36.0 Å². The Kier molecular flexibility index (Phi) is 5.02. The van der Waals surface area contributed by atoms with Crippen LogP contribution in [0.25, 0.3) is 0 Å². The maximum Gasteiger partial charge on any atom is 0.222 e. The van der Waals surface area contributed by atoms with E-state index < -0.39 is 0 Å². The highest BCUT2D eigenvalue weighted by atomic mass is 16.5. The van der Waals surface area contributed by atoms with Crippen molar-refractivity contribution in [2.45, 2.75) is 44.8 Å². The van der Waals surface area contributed by atoms with Gasteiger partial charge in [-0.25, -0.2) is 0 Å². The molecule has 0 bridgehead atoms. The maximum absolute atomic E-state index is 12.5. The average molecular weight is 320 g/mol. The van der Waals surface area contributed by atoms with Gasteiger partial charge in [0.15, 0.2) is 0 Å². The van der Waals surface area contributed by atoms with Gasteiger partial charge in [0.2, 0.25) is 5.91 Å². The van der Waals surface area contributed by atoms with Crippen LogP contribution in [0.1, 0.15) is 36.2 Å². The zero-order valence-corrected chi connectivity index (χ0v) is 14.5. The van der Waals surface area contributed by atoms with Gasteiger partial charge in [-0.3, -0.25) is 9.48 Å². The number of carbonyl (C=O) groups excluding carboxylic acids is 1. The lowest BCUT2D eigenvalue weighted by atomic mass is 10.0. The van der Waals surface area contributed by atoms with Crippen LogP contribution in [0.15, 0.2) is 0 Å². The zero-order chi connectivity index (χ0) is 16.4. The normalized spacial score (nSPS) is 19.6. The molecule has 2 aliphatic heterocycles.